The Morgan fingerprint density at radius 2 is 2.20 bits per heavy atom. The lowest BCUT2D eigenvalue weighted by molar-refractivity contribution is -0.141. The van der Waals surface area contributed by atoms with E-state index in [1.165, 1.54) is 0 Å². The number of nitrogens with zero attached hydrogens (tertiary/aromatic N) is 1. The number of nitrogens with one attached hydrogen (secondary N) is 2. The van der Waals surface area contributed by atoms with Crippen LogP contribution < -0.4 is 0 Å². The Bertz CT molecular complexity index is 757. The number of carboxylic acid groups (broad SMARTS) is 1. The highest BCUT2D eigenvalue weighted by Crippen LogP contribution is 2.27. The minimum absolute atomic E-state index is 0.400. The number of benzene rings is 1. The van der Waals surface area contributed by atoms with Gasteiger partial charge in [-0.05, 0) is 6.07 Å². The number of para-hydroxylation sites is 1. The van der Waals surface area contributed by atoms with Crippen molar-refractivity contribution in [3.05, 3.63) is 42.5 Å². The summed E-state index contributed by atoms with van der Waals surface area (Å²) in [6.07, 6.45) is 4.08. The maximum absolute atomic E-state index is 10.9. The van der Waals surface area contributed by atoms with Crippen LogP contribution in [0, 0.1) is 5.92 Å². The highest BCUT2D eigenvalue weighted by molar-refractivity contribution is 5.94. The summed E-state index contributed by atoms with van der Waals surface area (Å²) in [6.45, 7) is 1.68. The molecule has 3 N–H and O–H groups in total. The maximum atomic E-state index is 10.9. The van der Waals surface area contributed by atoms with Gasteiger partial charge in [-0.3, -0.25) is 4.79 Å². The largest absolute Gasteiger partial charge is 0.481 e. The number of carbonyl (C=O) groups is 1. The fraction of sp³-hybridized carbons (Fsp3) is 0.200. The summed E-state index contributed by atoms with van der Waals surface area (Å²) < 4.78 is 0. The fourth-order valence-corrected chi connectivity index (χ4v) is 2.27. The van der Waals surface area contributed by atoms with Gasteiger partial charge in [-0.2, -0.15) is 0 Å². The van der Waals surface area contributed by atoms with Gasteiger partial charge in [0.1, 0.15) is 5.82 Å². The van der Waals surface area contributed by atoms with Gasteiger partial charge in [-0.15, -0.1) is 0 Å². The topological polar surface area (TPSA) is 81.8 Å². The minimum atomic E-state index is -0.810. The zero-order valence-electron chi connectivity index (χ0n) is 11.1. The molecule has 0 saturated heterocycles. The molecule has 0 aliphatic heterocycles. The molecule has 5 nitrogen and oxygen atoms in total. The van der Waals surface area contributed by atoms with Crippen molar-refractivity contribution in [3.8, 4) is 11.3 Å². The molecule has 102 valence electrons. The molecule has 20 heavy (non-hydrogen) atoms. The number of fused-ring (bicyclic) bond motifs is 1. The monoisotopic (exact) mass is 269 g/mol. The van der Waals surface area contributed by atoms with E-state index in [1.54, 1.807) is 13.1 Å². The van der Waals surface area contributed by atoms with Crippen LogP contribution in [0.4, 0.5) is 0 Å². The Kier molecular flexibility index (Phi) is 3.02. The van der Waals surface area contributed by atoms with Gasteiger partial charge < -0.3 is 15.1 Å². The normalized spacial score (nSPS) is 12.7. The van der Waals surface area contributed by atoms with E-state index in [0.717, 1.165) is 22.2 Å². The molecule has 0 fully saturated rings. The molecule has 1 aromatic carbocycles. The number of aromatic nitrogens is 3. The molecule has 2 aromatic heterocycles. The molecule has 1 atom stereocenters. The number of imidazole rings is 1. The van der Waals surface area contributed by atoms with Gasteiger partial charge in [0.2, 0.25) is 0 Å². The Hall–Kier alpha value is -2.56. The number of hydrogen-bond acceptors (Lipinski definition) is 2. The van der Waals surface area contributed by atoms with E-state index in [1.807, 2.05) is 30.5 Å². The second-order valence-corrected chi connectivity index (χ2v) is 4.93. The van der Waals surface area contributed by atoms with Crippen LogP contribution >= 0.6 is 0 Å². The van der Waals surface area contributed by atoms with Gasteiger partial charge in [-0.25, -0.2) is 4.98 Å². The summed E-state index contributed by atoms with van der Waals surface area (Å²) in [5, 5.41) is 10.0. The van der Waals surface area contributed by atoms with Crippen LogP contribution in [0.5, 0.6) is 0 Å². The molecule has 0 aliphatic rings. The van der Waals surface area contributed by atoms with Gasteiger partial charge >= 0.3 is 5.97 Å². The van der Waals surface area contributed by atoms with Crippen molar-refractivity contribution in [3.63, 3.8) is 0 Å². The second kappa shape index (κ2) is 4.85. The van der Waals surface area contributed by atoms with Crippen molar-refractivity contribution >= 4 is 16.9 Å². The van der Waals surface area contributed by atoms with Gasteiger partial charge in [0.15, 0.2) is 0 Å². The van der Waals surface area contributed by atoms with Crippen LogP contribution in [-0.4, -0.2) is 26.0 Å². The van der Waals surface area contributed by atoms with E-state index in [-0.39, 0.29) is 0 Å². The highest BCUT2D eigenvalue weighted by Gasteiger charge is 2.15. The molecule has 3 rings (SSSR count). The van der Waals surface area contributed by atoms with Gasteiger partial charge in [0.05, 0.1) is 17.8 Å². The molecule has 1 unspecified atom stereocenters. The van der Waals surface area contributed by atoms with E-state index >= 15 is 0 Å². The second-order valence-electron chi connectivity index (χ2n) is 4.93. The number of carboxylic acids is 1. The average molecular weight is 269 g/mol. The molecular formula is C15H15N3O2. The van der Waals surface area contributed by atoms with Crippen molar-refractivity contribution in [1.29, 1.82) is 0 Å². The Labute approximate surface area is 115 Å². The van der Waals surface area contributed by atoms with Crippen molar-refractivity contribution in [2.75, 3.05) is 0 Å². The molecule has 3 aromatic rings. The zero-order chi connectivity index (χ0) is 14.1. The molecule has 0 aliphatic carbocycles. The zero-order valence-corrected chi connectivity index (χ0v) is 11.1. The minimum Gasteiger partial charge on any atom is -0.481 e. The van der Waals surface area contributed by atoms with E-state index in [0.29, 0.717) is 12.2 Å². The summed E-state index contributed by atoms with van der Waals surface area (Å²) in [7, 11) is 0. The lowest BCUT2D eigenvalue weighted by Gasteiger charge is -2.02. The Balaban J connectivity index is 1.92. The van der Waals surface area contributed by atoms with E-state index in [2.05, 4.69) is 15.0 Å². The number of hydrogen-bond donors (Lipinski definition) is 3. The molecule has 0 radical (unpaired) electrons. The van der Waals surface area contributed by atoms with E-state index in [9.17, 15) is 4.79 Å². The quantitative estimate of drug-likeness (QED) is 0.681. The van der Waals surface area contributed by atoms with Gasteiger partial charge in [0, 0.05) is 29.1 Å². The first-order valence-corrected chi connectivity index (χ1v) is 6.48. The molecule has 0 saturated carbocycles. The molecule has 0 bridgehead atoms. The first-order chi connectivity index (χ1) is 9.65. The third-order valence-corrected chi connectivity index (χ3v) is 3.43. The van der Waals surface area contributed by atoms with Crippen LogP contribution in [0.2, 0.25) is 0 Å². The summed E-state index contributed by atoms with van der Waals surface area (Å²) in [5.74, 6) is -0.563. The Morgan fingerprint density at radius 3 is 3.00 bits per heavy atom. The van der Waals surface area contributed by atoms with Crippen LogP contribution in [0.3, 0.4) is 0 Å². The number of aromatic amines is 2. The van der Waals surface area contributed by atoms with Gasteiger partial charge in [0.25, 0.3) is 0 Å². The third kappa shape index (κ3) is 2.18. The first kappa shape index (κ1) is 12.5. The van der Waals surface area contributed by atoms with Crippen molar-refractivity contribution in [2.45, 2.75) is 13.3 Å². The van der Waals surface area contributed by atoms with Gasteiger partial charge in [-0.1, -0.05) is 25.1 Å². The summed E-state index contributed by atoms with van der Waals surface area (Å²) in [4.78, 5) is 21.5. The van der Waals surface area contributed by atoms with Crippen molar-refractivity contribution in [2.24, 2.45) is 5.92 Å². The predicted molar refractivity (Wildman–Crippen MR) is 76.4 cm³/mol. The third-order valence-electron chi connectivity index (χ3n) is 3.43. The van der Waals surface area contributed by atoms with Crippen molar-refractivity contribution in [1.82, 2.24) is 15.0 Å². The van der Waals surface area contributed by atoms with Crippen LogP contribution in [0.1, 0.15) is 12.7 Å². The lowest BCUT2D eigenvalue weighted by Crippen LogP contribution is -2.12. The fourth-order valence-electron chi connectivity index (χ4n) is 2.27. The maximum Gasteiger partial charge on any atom is 0.306 e. The van der Waals surface area contributed by atoms with Crippen LogP contribution in [0.25, 0.3) is 22.2 Å². The summed E-state index contributed by atoms with van der Waals surface area (Å²) >= 11 is 0. The molecule has 5 heteroatoms. The first-order valence-electron chi connectivity index (χ1n) is 6.48. The lowest BCUT2D eigenvalue weighted by atomic mass is 10.1. The number of H-pyrrole nitrogens is 2. The molecule has 0 spiro atoms. The SMILES string of the molecule is CC(Cc1ncc(-c2c[nH]c3ccccc23)[nH]1)C(=O)O. The van der Waals surface area contributed by atoms with Crippen LogP contribution in [-0.2, 0) is 11.2 Å². The van der Waals surface area contributed by atoms with E-state index in [4.69, 9.17) is 5.11 Å². The van der Waals surface area contributed by atoms with E-state index < -0.39 is 11.9 Å². The number of rotatable bonds is 4. The smallest absolute Gasteiger partial charge is 0.306 e. The summed E-state index contributed by atoms with van der Waals surface area (Å²) in [6, 6.07) is 8.03. The highest BCUT2D eigenvalue weighted by atomic mass is 16.4. The Morgan fingerprint density at radius 1 is 1.40 bits per heavy atom. The van der Waals surface area contributed by atoms with Crippen molar-refractivity contribution < 1.29 is 9.90 Å². The predicted octanol–water partition coefficient (Wildman–Crippen LogP) is 2.82. The molecular weight excluding hydrogens is 254 g/mol. The molecule has 0 amide bonds. The average Bonchev–Trinajstić information content (AvgIpc) is 3.04. The summed E-state index contributed by atoms with van der Waals surface area (Å²) in [5.41, 5.74) is 3.01. The standard InChI is InChI=1S/C15H15N3O2/c1-9(15(19)20)6-14-17-8-13(18-14)11-7-16-12-5-3-2-4-10(11)12/h2-5,7-9,16H,6H2,1H3,(H,17,18)(H,19,20). The van der Waals surface area contributed by atoms with Crippen LogP contribution in [0.15, 0.2) is 36.7 Å². The number of aliphatic carboxylic acids is 1. The molecule has 2 heterocycles.